The fraction of sp³-hybridized carbons (Fsp3) is 0.733. The van der Waals surface area contributed by atoms with Crippen LogP contribution in [0.25, 0.3) is 16.0 Å². The minimum Gasteiger partial charge on any atom is -0.668 e. The Morgan fingerprint density at radius 1 is 1.00 bits per heavy atom. The van der Waals surface area contributed by atoms with Crippen LogP contribution in [-0.4, -0.2) is 42.3 Å². The van der Waals surface area contributed by atoms with E-state index in [0.29, 0.717) is 0 Å². The van der Waals surface area contributed by atoms with Gasteiger partial charge < -0.3 is 16.0 Å². The largest absolute Gasteiger partial charge is 4.00 e. The third-order valence-electron chi connectivity index (χ3n) is 1.57. The van der Waals surface area contributed by atoms with Gasteiger partial charge in [-0.15, -0.1) is 6.42 Å². The quantitative estimate of drug-likeness (QED) is 0.458. The molecule has 0 spiro atoms. The van der Waals surface area contributed by atoms with Crippen molar-refractivity contribution in [3.63, 3.8) is 0 Å². The molecule has 0 aromatic rings. The first-order valence-electron chi connectivity index (χ1n) is 6.38. The van der Waals surface area contributed by atoms with Gasteiger partial charge in [-0.2, -0.15) is 48.4 Å². The van der Waals surface area contributed by atoms with Gasteiger partial charge in [0.2, 0.25) is 0 Å². The van der Waals surface area contributed by atoms with Gasteiger partial charge in [0.1, 0.15) is 0 Å². The molecule has 0 radical (unpaired) electrons. The topological polar surface area (TPSA) is 42.3 Å². The van der Waals surface area contributed by atoms with Gasteiger partial charge in [-0.25, -0.2) is 11.6 Å². The molecule has 0 aromatic heterocycles. The van der Waals surface area contributed by atoms with E-state index in [2.05, 4.69) is 41.1 Å². The van der Waals surface area contributed by atoms with Crippen molar-refractivity contribution in [1.82, 2.24) is 0 Å². The molecule has 110 valence electrons. The Morgan fingerprint density at radius 2 is 1.42 bits per heavy atom. The molecule has 0 unspecified atom stereocenters. The molecule has 0 bridgehead atoms. The molecule has 19 heavy (non-hydrogen) atoms. The van der Waals surface area contributed by atoms with Crippen molar-refractivity contribution in [2.45, 2.75) is 32.6 Å². The number of allylic oxidation sites excluding steroid dienone is 4. The number of nitrogens with zero attached hydrogens (tertiary/aromatic N) is 3. The smallest absolute Gasteiger partial charge is 0.668 e. The Morgan fingerprint density at radius 3 is 1.68 bits per heavy atom. The molecule has 1 rings (SSSR count). The minimum atomic E-state index is 0. The number of hydrogen-bond donors (Lipinski definition) is 0. The van der Waals surface area contributed by atoms with Crippen molar-refractivity contribution in [2.75, 3.05) is 42.3 Å². The zero-order chi connectivity index (χ0) is 14.6. The second-order valence-electron chi connectivity index (χ2n) is 3.75. The first-order chi connectivity index (χ1) is 8.67. The Kier molecular flexibility index (Phi) is 44.8. The maximum absolute atomic E-state index is 3.50. The molecule has 0 aliphatic heterocycles. The Labute approximate surface area is 140 Å². The summed E-state index contributed by atoms with van der Waals surface area (Å²) in [5.74, 6) is 0. The van der Waals surface area contributed by atoms with Crippen LogP contribution in [0.1, 0.15) is 32.6 Å². The van der Waals surface area contributed by atoms with Crippen molar-refractivity contribution in [3.8, 4) is 0 Å². The minimum absolute atomic E-state index is 0. The molecule has 0 N–H and O–H groups in total. The van der Waals surface area contributed by atoms with Gasteiger partial charge in [-0.1, -0.05) is 26.2 Å². The van der Waals surface area contributed by atoms with Crippen LogP contribution in [0.3, 0.4) is 0 Å². The normalized spacial score (nSPS) is 10.6. The molecule has 0 saturated heterocycles. The zero-order valence-corrected chi connectivity index (χ0v) is 17.4. The van der Waals surface area contributed by atoms with Gasteiger partial charge in [0.05, 0.1) is 0 Å². The van der Waals surface area contributed by atoms with Gasteiger partial charge >= 0.3 is 25.8 Å². The second-order valence-corrected chi connectivity index (χ2v) is 3.75. The molecule has 3 nitrogen and oxygen atoms in total. The summed E-state index contributed by atoms with van der Waals surface area (Å²) in [5.41, 5.74) is 1.41. The van der Waals surface area contributed by atoms with Gasteiger partial charge in [0.25, 0.3) is 0 Å². The van der Waals surface area contributed by atoms with E-state index in [1.807, 2.05) is 0 Å². The third-order valence-corrected chi connectivity index (χ3v) is 1.57. The zero-order valence-electron chi connectivity index (χ0n) is 13.8. The van der Waals surface area contributed by atoms with Crippen molar-refractivity contribution >= 4 is 0 Å². The van der Waals surface area contributed by atoms with E-state index in [4.69, 9.17) is 0 Å². The van der Waals surface area contributed by atoms with Crippen molar-refractivity contribution in [2.24, 2.45) is 0 Å². The van der Waals surface area contributed by atoms with Crippen LogP contribution < -0.4 is 0 Å². The van der Waals surface area contributed by atoms with E-state index in [9.17, 15) is 0 Å². The van der Waals surface area contributed by atoms with E-state index < -0.39 is 0 Å². The van der Waals surface area contributed by atoms with Crippen LogP contribution >= 0.6 is 0 Å². The van der Waals surface area contributed by atoms with E-state index >= 15 is 0 Å². The first kappa shape index (κ1) is 27.6. The summed E-state index contributed by atoms with van der Waals surface area (Å²) in [5, 5.41) is 10.5. The third kappa shape index (κ3) is 38.1. The fourth-order valence-electron chi connectivity index (χ4n) is 0.989. The average Bonchev–Trinajstić information content (AvgIpc) is 2.82. The summed E-state index contributed by atoms with van der Waals surface area (Å²) < 4.78 is 0. The Bertz CT molecular complexity index is 175. The Hall–Kier alpha value is 0.230. The number of rotatable bonds is 3. The standard InChI is InChI=1S/C9H13.3C2H6N.Hf/c1-2-3-6-9-7-4-5-8-9;3*1-3-2;/h4,7H,2-3,5-6H2,1H3;3*1-2H3;/q4*-1;+4. The monoisotopic (exact) mass is 433 g/mol. The van der Waals surface area contributed by atoms with Crippen LogP contribution in [-0.2, 0) is 25.8 Å². The Balaban J connectivity index is -0.0000000956. The first-order valence-corrected chi connectivity index (χ1v) is 6.38. The van der Waals surface area contributed by atoms with E-state index in [1.165, 1.54) is 24.8 Å². The molecular formula is C15H31HfN3. The maximum Gasteiger partial charge on any atom is 4.00 e. The molecule has 4 heteroatoms. The van der Waals surface area contributed by atoms with Crippen LogP contribution in [0.2, 0.25) is 0 Å². The molecule has 0 aromatic carbocycles. The molecule has 0 fully saturated rings. The fourth-order valence-corrected chi connectivity index (χ4v) is 0.989. The summed E-state index contributed by atoms with van der Waals surface area (Å²) in [6.45, 7) is 2.22. The number of unbranched alkanes of at least 4 members (excludes halogenated alkanes) is 1. The number of hydrogen-bond acceptors (Lipinski definition) is 0. The van der Waals surface area contributed by atoms with Crippen LogP contribution in [0.4, 0.5) is 0 Å². The predicted molar refractivity (Wildman–Crippen MR) is 85.7 cm³/mol. The van der Waals surface area contributed by atoms with Gasteiger partial charge in [0.15, 0.2) is 0 Å². The van der Waals surface area contributed by atoms with Crippen LogP contribution in [0.5, 0.6) is 0 Å². The molecule has 0 atom stereocenters. The predicted octanol–water partition coefficient (Wildman–Crippen LogP) is 4.72. The average molecular weight is 432 g/mol. The summed E-state index contributed by atoms with van der Waals surface area (Å²) in [7, 11) is 10.5. The SMILES string of the molecule is CCCCC1=[C-]CC=C1.C[N-]C.C[N-]C.C[N-]C.[Hf+4]. The second kappa shape index (κ2) is 30.9. The van der Waals surface area contributed by atoms with E-state index in [0.717, 1.165) is 6.42 Å². The van der Waals surface area contributed by atoms with Gasteiger partial charge in [0, 0.05) is 0 Å². The molecule has 0 saturated carbocycles. The van der Waals surface area contributed by atoms with Gasteiger partial charge in [-0.3, -0.25) is 6.08 Å². The van der Waals surface area contributed by atoms with Gasteiger partial charge in [-0.05, 0) is 0 Å². The molecule has 0 heterocycles. The molecule has 1 aliphatic rings. The van der Waals surface area contributed by atoms with Crippen LogP contribution in [0.15, 0.2) is 17.7 Å². The summed E-state index contributed by atoms with van der Waals surface area (Å²) in [4.78, 5) is 0. The van der Waals surface area contributed by atoms with E-state index in [1.54, 1.807) is 42.3 Å². The van der Waals surface area contributed by atoms with Crippen molar-refractivity contribution in [3.05, 3.63) is 39.8 Å². The van der Waals surface area contributed by atoms with E-state index in [-0.39, 0.29) is 25.8 Å². The van der Waals surface area contributed by atoms with Crippen molar-refractivity contribution in [1.29, 1.82) is 0 Å². The molecular weight excluding hydrogens is 401 g/mol. The summed E-state index contributed by atoms with van der Waals surface area (Å²) in [6, 6.07) is 0. The summed E-state index contributed by atoms with van der Waals surface area (Å²) >= 11 is 0. The maximum atomic E-state index is 3.50. The molecule has 1 aliphatic carbocycles. The van der Waals surface area contributed by atoms with Crippen molar-refractivity contribution < 1.29 is 25.8 Å². The summed E-state index contributed by atoms with van der Waals surface area (Å²) in [6.07, 6.45) is 12.5. The van der Waals surface area contributed by atoms with Crippen LogP contribution in [0, 0.1) is 6.08 Å². The molecule has 0 amide bonds.